The molecule has 24 heavy (non-hydrogen) atoms. The minimum Gasteiger partial charge on any atom is -0.497 e. The molecule has 1 aromatic rings. The monoisotopic (exact) mass is 362 g/mol. The first-order chi connectivity index (χ1) is 11.0. The summed E-state index contributed by atoms with van der Waals surface area (Å²) >= 11 is 0. The number of hydrogen-bond acceptors (Lipinski definition) is 4. The predicted molar refractivity (Wildman–Crippen MR) is 86.9 cm³/mol. The molecule has 2 heterocycles. The molecule has 2 saturated heterocycles. The highest BCUT2D eigenvalue weighted by atomic mass is 35.5. The lowest BCUT2D eigenvalue weighted by Gasteiger charge is -2.34. The van der Waals surface area contributed by atoms with Crippen LogP contribution in [0.1, 0.15) is 18.1 Å². The zero-order valence-electron chi connectivity index (χ0n) is 13.3. The second-order valence-corrected chi connectivity index (χ2v) is 5.91. The van der Waals surface area contributed by atoms with E-state index in [2.05, 4.69) is 5.32 Å². The third-order valence-corrected chi connectivity index (χ3v) is 4.25. The summed E-state index contributed by atoms with van der Waals surface area (Å²) in [7, 11) is 1.59. The molecule has 0 aliphatic carbocycles. The van der Waals surface area contributed by atoms with Gasteiger partial charge < -0.3 is 14.4 Å². The van der Waals surface area contributed by atoms with Gasteiger partial charge in [-0.05, 0) is 17.7 Å². The first-order valence-electron chi connectivity index (χ1n) is 7.64. The van der Waals surface area contributed by atoms with E-state index in [0.29, 0.717) is 25.4 Å². The topological polar surface area (TPSA) is 50.8 Å². The second-order valence-electron chi connectivity index (χ2n) is 5.91. The Morgan fingerprint density at radius 1 is 1.46 bits per heavy atom. The van der Waals surface area contributed by atoms with E-state index in [1.807, 2.05) is 24.3 Å². The first-order valence-corrected chi connectivity index (χ1v) is 7.64. The molecule has 0 spiro atoms. The third-order valence-electron chi connectivity index (χ3n) is 4.25. The Kier molecular flexibility index (Phi) is 6.01. The second kappa shape index (κ2) is 7.63. The number of amides is 1. The summed E-state index contributed by atoms with van der Waals surface area (Å²) in [5, 5.41) is 2.61. The number of hydrogen-bond donors (Lipinski definition) is 1. The van der Waals surface area contributed by atoms with Crippen molar-refractivity contribution in [3.63, 3.8) is 0 Å². The van der Waals surface area contributed by atoms with Crippen LogP contribution in [0, 0.1) is 0 Å². The summed E-state index contributed by atoms with van der Waals surface area (Å²) in [4.78, 5) is 14.0. The summed E-state index contributed by atoms with van der Waals surface area (Å²) in [6.45, 7) is 0.725. The van der Waals surface area contributed by atoms with Crippen molar-refractivity contribution in [3.8, 4) is 5.75 Å². The van der Waals surface area contributed by atoms with E-state index < -0.39 is 24.9 Å². The van der Waals surface area contributed by atoms with Crippen LogP contribution in [0.15, 0.2) is 24.3 Å². The summed E-state index contributed by atoms with van der Waals surface area (Å²) < 4.78 is 37.5. The van der Waals surface area contributed by atoms with Crippen molar-refractivity contribution in [3.05, 3.63) is 29.8 Å². The van der Waals surface area contributed by atoms with Crippen molar-refractivity contribution in [2.45, 2.75) is 24.5 Å². The van der Waals surface area contributed by atoms with Crippen LogP contribution in [0.5, 0.6) is 5.75 Å². The smallest absolute Gasteiger partial charge is 0.262 e. The molecule has 1 amide bonds. The minimum atomic E-state index is -2.81. The number of methoxy groups -OCH3 is 1. The molecule has 3 rings (SSSR count). The van der Waals surface area contributed by atoms with Crippen LogP contribution >= 0.6 is 12.4 Å². The average molecular weight is 363 g/mol. The molecule has 5 nitrogen and oxygen atoms in total. The van der Waals surface area contributed by atoms with Gasteiger partial charge in [-0.25, -0.2) is 8.78 Å². The molecule has 1 N–H and O–H groups in total. The standard InChI is InChI=1S/C16H20F2N2O3.ClH/c1-22-12-4-2-3-11(7-12)14-9-20(5-6-23-14)15(21)13-8-16(17,18)10-19-13;/h2-4,7,13-14,19H,5-6,8-10H2,1H3;1H. The summed E-state index contributed by atoms with van der Waals surface area (Å²) in [5.41, 5.74) is 0.909. The Hall–Kier alpha value is -1.44. The van der Waals surface area contributed by atoms with E-state index in [1.165, 1.54) is 0 Å². The number of alkyl halides is 2. The van der Waals surface area contributed by atoms with Gasteiger partial charge in [-0.2, -0.15) is 0 Å². The van der Waals surface area contributed by atoms with Gasteiger partial charge in [0, 0.05) is 13.0 Å². The molecule has 2 aliphatic heterocycles. The van der Waals surface area contributed by atoms with Gasteiger partial charge in [0.25, 0.3) is 5.92 Å². The van der Waals surface area contributed by atoms with Crippen LogP contribution < -0.4 is 10.1 Å². The molecule has 2 aliphatic rings. The lowest BCUT2D eigenvalue weighted by Crippen LogP contribution is -2.49. The molecular formula is C16H21ClF2N2O3. The highest BCUT2D eigenvalue weighted by molar-refractivity contribution is 5.85. The number of morpholine rings is 1. The Labute approximate surface area is 145 Å². The largest absolute Gasteiger partial charge is 0.497 e. The van der Waals surface area contributed by atoms with E-state index in [9.17, 15) is 13.6 Å². The molecule has 8 heteroatoms. The number of carbonyl (C=O) groups excluding carboxylic acids is 1. The molecule has 2 fully saturated rings. The zero-order valence-corrected chi connectivity index (χ0v) is 14.2. The van der Waals surface area contributed by atoms with Crippen LogP contribution in [0.25, 0.3) is 0 Å². The molecular weight excluding hydrogens is 342 g/mol. The van der Waals surface area contributed by atoms with E-state index in [0.717, 1.165) is 5.56 Å². The number of rotatable bonds is 3. The lowest BCUT2D eigenvalue weighted by molar-refractivity contribution is -0.141. The quantitative estimate of drug-likeness (QED) is 0.893. The molecule has 0 radical (unpaired) electrons. The SMILES string of the molecule is COc1cccc(C2CN(C(=O)C3CC(F)(F)CN3)CCO2)c1.Cl. The Morgan fingerprint density at radius 3 is 2.92 bits per heavy atom. The zero-order chi connectivity index (χ0) is 16.4. The van der Waals surface area contributed by atoms with E-state index in [4.69, 9.17) is 9.47 Å². The van der Waals surface area contributed by atoms with Crippen LogP contribution in [0.4, 0.5) is 8.78 Å². The van der Waals surface area contributed by atoms with Crippen molar-refractivity contribution < 1.29 is 23.0 Å². The Morgan fingerprint density at radius 2 is 2.25 bits per heavy atom. The van der Waals surface area contributed by atoms with Gasteiger partial charge in [-0.15, -0.1) is 12.4 Å². The fourth-order valence-corrected chi connectivity index (χ4v) is 3.00. The summed E-state index contributed by atoms with van der Waals surface area (Å²) in [6, 6.07) is 6.65. The van der Waals surface area contributed by atoms with Crippen molar-refractivity contribution in [1.29, 1.82) is 0 Å². The third kappa shape index (κ3) is 4.15. The molecule has 0 bridgehead atoms. The maximum absolute atomic E-state index is 13.3. The van der Waals surface area contributed by atoms with Gasteiger partial charge in [-0.3, -0.25) is 10.1 Å². The molecule has 2 unspecified atom stereocenters. The van der Waals surface area contributed by atoms with Gasteiger partial charge in [0.2, 0.25) is 5.91 Å². The van der Waals surface area contributed by atoms with E-state index >= 15 is 0 Å². The molecule has 0 saturated carbocycles. The normalized spacial score (nSPS) is 25.9. The number of carbonyl (C=O) groups is 1. The van der Waals surface area contributed by atoms with Crippen LogP contribution in [0.3, 0.4) is 0 Å². The van der Waals surface area contributed by atoms with Crippen molar-refractivity contribution >= 4 is 18.3 Å². The van der Waals surface area contributed by atoms with Gasteiger partial charge in [0.05, 0.1) is 32.8 Å². The maximum Gasteiger partial charge on any atom is 0.262 e. The van der Waals surface area contributed by atoms with E-state index in [-0.39, 0.29) is 24.4 Å². The minimum absolute atomic E-state index is 0. The number of halogens is 3. The fraction of sp³-hybridized carbons (Fsp3) is 0.562. The number of nitrogens with zero attached hydrogens (tertiary/aromatic N) is 1. The Bertz CT molecular complexity index is 588. The molecule has 2 atom stereocenters. The molecule has 134 valence electrons. The first kappa shape index (κ1) is 18.9. The summed E-state index contributed by atoms with van der Waals surface area (Å²) in [6.07, 6.45) is -0.711. The van der Waals surface area contributed by atoms with Gasteiger partial charge in [0.1, 0.15) is 11.9 Å². The summed E-state index contributed by atoms with van der Waals surface area (Å²) in [5.74, 6) is -2.37. The Balaban J connectivity index is 0.00000208. The molecule has 0 aromatic heterocycles. The van der Waals surface area contributed by atoms with Crippen LogP contribution in [-0.4, -0.2) is 56.1 Å². The molecule has 1 aromatic carbocycles. The lowest BCUT2D eigenvalue weighted by atomic mass is 10.1. The van der Waals surface area contributed by atoms with Crippen LogP contribution in [0.2, 0.25) is 0 Å². The van der Waals surface area contributed by atoms with Crippen molar-refractivity contribution in [2.24, 2.45) is 0 Å². The van der Waals surface area contributed by atoms with Gasteiger partial charge in [0.15, 0.2) is 0 Å². The maximum atomic E-state index is 13.3. The van der Waals surface area contributed by atoms with Crippen molar-refractivity contribution in [1.82, 2.24) is 10.2 Å². The highest BCUT2D eigenvalue weighted by Crippen LogP contribution is 2.29. The number of ether oxygens (including phenoxy) is 2. The predicted octanol–water partition coefficient (Wildman–Crippen LogP) is 2.01. The van der Waals surface area contributed by atoms with Gasteiger partial charge >= 0.3 is 0 Å². The average Bonchev–Trinajstić information content (AvgIpc) is 2.94. The van der Waals surface area contributed by atoms with E-state index in [1.54, 1.807) is 12.0 Å². The van der Waals surface area contributed by atoms with Gasteiger partial charge in [-0.1, -0.05) is 12.1 Å². The number of benzene rings is 1. The van der Waals surface area contributed by atoms with Crippen molar-refractivity contribution in [2.75, 3.05) is 33.4 Å². The highest BCUT2D eigenvalue weighted by Gasteiger charge is 2.44. The fourth-order valence-electron chi connectivity index (χ4n) is 3.00. The number of nitrogens with one attached hydrogen (secondary N) is 1. The van der Waals surface area contributed by atoms with Crippen LogP contribution in [-0.2, 0) is 9.53 Å².